The number of pyridine rings is 1. The Kier molecular flexibility index (Phi) is 4.25. The van der Waals surface area contributed by atoms with Crippen LogP contribution in [-0.4, -0.2) is 21.0 Å². The Balaban J connectivity index is 2.38. The summed E-state index contributed by atoms with van der Waals surface area (Å²) < 4.78 is 5.28. The topological polar surface area (TPSA) is 103 Å². The maximum atomic E-state index is 10.9. The van der Waals surface area contributed by atoms with Crippen LogP contribution in [0.2, 0.25) is 10.0 Å². The molecule has 0 saturated carbocycles. The average molecular weight is 329 g/mol. The van der Waals surface area contributed by atoms with E-state index in [4.69, 9.17) is 33.0 Å². The highest BCUT2D eigenvalue weighted by Crippen LogP contribution is 2.32. The minimum Gasteiger partial charge on any atom is -0.476 e. The Hall–Kier alpha value is -2.38. The van der Waals surface area contributed by atoms with Crippen molar-refractivity contribution < 1.29 is 19.6 Å². The maximum absolute atomic E-state index is 10.9. The molecule has 0 spiro atoms. The number of nitro benzene ring substituents is 1. The van der Waals surface area contributed by atoms with Crippen molar-refractivity contribution in [3.63, 3.8) is 0 Å². The van der Waals surface area contributed by atoms with Gasteiger partial charge >= 0.3 is 5.97 Å². The molecule has 1 N–H and O–H groups in total. The summed E-state index contributed by atoms with van der Waals surface area (Å²) in [5, 5.41) is 19.7. The molecule has 0 unspecified atom stereocenters. The molecule has 108 valence electrons. The Bertz CT molecular complexity index is 736. The average Bonchev–Trinajstić information content (AvgIpc) is 2.42. The van der Waals surface area contributed by atoms with E-state index in [0.717, 1.165) is 6.07 Å². The van der Waals surface area contributed by atoms with E-state index >= 15 is 0 Å². The van der Waals surface area contributed by atoms with Crippen LogP contribution in [0.4, 0.5) is 5.69 Å². The van der Waals surface area contributed by atoms with E-state index in [0.29, 0.717) is 0 Å². The zero-order valence-electron chi connectivity index (χ0n) is 10.1. The van der Waals surface area contributed by atoms with Gasteiger partial charge in [0.15, 0.2) is 11.4 Å². The van der Waals surface area contributed by atoms with Crippen molar-refractivity contribution in [3.05, 3.63) is 56.2 Å². The highest BCUT2D eigenvalue weighted by atomic mass is 35.5. The fourth-order valence-corrected chi connectivity index (χ4v) is 1.77. The third kappa shape index (κ3) is 3.39. The molecule has 7 nitrogen and oxygen atoms in total. The second kappa shape index (κ2) is 5.94. The molecule has 2 rings (SSSR count). The first-order valence-electron chi connectivity index (χ1n) is 5.40. The van der Waals surface area contributed by atoms with Crippen LogP contribution in [0.25, 0.3) is 0 Å². The SMILES string of the molecule is O=C(O)c1nc(Oc2cc([N+](=O)[O-])ccc2Cl)ccc1Cl. The number of carboxylic acid groups (broad SMARTS) is 1. The molecule has 0 fully saturated rings. The number of hydrogen-bond donors (Lipinski definition) is 1. The predicted octanol–water partition coefficient (Wildman–Crippen LogP) is 3.79. The maximum Gasteiger partial charge on any atom is 0.356 e. The van der Waals surface area contributed by atoms with E-state index in [1.807, 2.05) is 0 Å². The summed E-state index contributed by atoms with van der Waals surface area (Å²) >= 11 is 11.5. The quantitative estimate of drug-likeness (QED) is 0.676. The van der Waals surface area contributed by atoms with Gasteiger partial charge in [-0.1, -0.05) is 23.2 Å². The van der Waals surface area contributed by atoms with Gasteiger partial charge in [0.1, 0.15) is 0 Å². The van der Waals surface area contributed by atoms with Crippen LogP contribution in [-0.2, 0) is 0 Å². The van der Waals surface area contributed by atoms with Gasteiger partial charge in [0.05, 0.1) is 21.0 Å². The van der Waals surface area contributed by atoms with Crippen LogP contribution in [0.1, 0.15) is 10.5 Å². The molecule has 0 atom stereocenters. The molecule has 1 heterocycles. The highest BCUT2D eigenvalue weighted by molar-refractivity contribution is 6.33. The van der Waals surface area contributed by atoms with Crippen molar-refractivity contribution in [3.8, 4) is 11.6 Å². The van der Waals surface area contributed by atoms with Gasteiger partial charge in [-0.05, 0) is 12.1 Å². The van der Waals surface area contributed by atoms with Crippen molar-refractivity contribution in [2.45, 2.75) is 0 Å². The summed E-state index contributed by atoms with van der Waals surface area (Å²) in [6, 6.07) is 6.23. The number of hydrogen-bond acceptors (Lipinski definition) is 5. The summed E-state index contributed by atoms with van der Waals surface area (Å²) in [6.45, 7) is 0. The first-order valence-corrected chi connectivity index (χ1v) is 6.15. The van der Waals surface area contributed by atoms with Crippen molar-refractivity contribution in [1.82, 2.24) is 4.98 Å². The predicted molar refractivity (Wildman–Crippen MR) is 74.4 cm³/mol. The Morgan fingerprint density at radius 3 is 2.52 bits per heavy atom. The first kappa shape index (κ1) is 15.0. The van der Waals surface area contributed by atoms with E-state index in [-0.39, 0.29) is 27.4 Å². The fourth-order valence-electron chi connectivity index (χ4n) is 1.43. The van der Waals surface area contributed by atoms with Crippen molar-refractivity contribution in [1.29, 1.82) is 0 Å². The van der Waals surface area contributed by atoms with Gasteiger partial charge < -0.3 is 9.84 Å². The van der Waals surface area contributed by atoms with Gasteiger partial charge in [0, 0.05) is 12.1 Å². The zero-order valence-corrected chi connectivity index (χ0v) is 11.6. The lowest BCUT2D eigenvalue weighted by molar-refractivity contribution is -0.384. The number of aromatic nitrogens is 1. The molecule has 0 saturated heterocycles. The molecule has 1 aromatic heterocycles. The number of carboxylic acids is 1. The Morgan fingerprint density at radius 2 is 1.90 bits per heavy atom. The number of carbonyl (C=O) groups is 1. The van der Waals surface area contributed by atoms with Crippen LogP contribution in [0.3, 0.4) is 0 Å². The van der Waals surface area contributed by atoms with Gasteiger partial charge in [-0.2, -0.15) is 0 Å². The van der Waals surface area contributed by atoms with E-state index < -0.39 is 16.6 Å². The Morgan fingerprint density at radius 1 is 1.24 bits per heavy atom. The molecular weight excluding hydrogens is 323 g/mol. The lowest BCUT2D eigenvalue weighted by atomic mass is 10.3. The normalized spacial score (nSPS) is 10.2. The molecular formula is C12H6Cl2N2O5. The largest absolute Gasteiger partial charge is 0.476 e. The van der Waals surface area contributed by atoms with E-state index in [9.17, 15) is 14.9 Å². The van der Waals surface area contributed by atoms with Crippen molar-refractivity contribution >= 4 is 34.9 Å². The number of nitro groups is 1. The lowest BCUT2D eigenvalue weighted by Crippen LogP contribution is -2.02. The summed E-state index contributed by atoms with van der Waals surface area (Å²) in [5.74, 6) is -1.44. The van der Waals surface area contributed by atoms with Gasteiger partial charge in [-0.3, -0.25) is 10.1 Å². The molecule has 0 aliphatic carbocycles. The summed E-state index contributed by atoms with van der Waals surface area (Å²) in [4.78, 5) is 24.7. The third-order valence-corrected chi connectivity index (χ3v) is 2.98. The van der Waals surface area contributed by atoms with Crippen LogP contribution in [0.5, 0.6) is 11.6 Å². The van der Waals surface area contributed by atoms with Crippen LogP contribution < -0.4 is 4.74 Å². The van der Waals surface area contributed by atoms with Crippen molar-refractivity contribution in [2.75, 3.05) is 0 Å². The van der Waals surface area contributed by atoms with Crippen LogP contribution >= 0.6 is 23.2 Å². The molecule has 1 aromatic carbocycles. The third-order valence-electron chi connectivity index (χ3n) is 2.36. The summed E-state index contributed by atoms with van der Waals surface area (Å²) in [6.07, 6.45) is 0. The van der Waals surface area contributed by atoms with Gasteiger partial charge in [0.25, 0.3) is 5.69 Å². The number of ether oxygens (including phenoxy) is 1. The minimum absolute atomic E-state index is 0.0166. The second-order valence-electron chi connectivity index (χ2n) is 3.76. The molecule has 21 heavy (non-hydrogen) atoms. The van der Waals surface area contributed by atoms with Gasteiger partial charge in [0.2, 0.25) is 5.88 Å². The number of benzene rings is 1. The lowest BCUT2D eigenvalue weighted by Gasteiger charge is -2.07. The molecule has 0 bridgehead atoms. The standard InChI is InChI=1S/C12H6Cl2N2O5/c13-7-2-1-6(16(19)20)5-9(7)21-10-4-3-8(14)11(15-10)12(17)18/h1-5H,(H,17,18). The van der Waals surface area contributed by atoms with E-state index in [1.54, 1.807) is 0 Å². The number of rotatable bonds is 4. The van der Waals surface area contributed by atoms with Gasteiger partial charge in [-0.15, -0.1) is 0 Å². The molecule has 0 aliphatic heterocycles. The molecule has 2 aromatic rings. The minimum atomic E-state index is -1.32. The van der Waals surface area contributed by atoms with Gasteiger partial charge in [-0.25, -0.2) is 9.78 Å². The summed E-state index contributed by atoms with van der Waals surface area (Å²) in [7, 11) is 0. The molecule has 9 heteroatoms. The van der Waals surface area contributed by atoms with E-state index in [1.165, 1.54) is 24.3 Å². The molecule has 0 aliphatic rings. The van der Waals surface area contributed by atoms with E-state index in [2.05, 4.69) is 4.98 Å². The fraction of sp³-hybridized carbons (Fsp3) is 0. The van der Waals surface area contributed by atoms with Crippen molar-refractivity contribution in [2.24, 2.45) is 0 Å². The van der Waals surface area contributed by atoms with Crippen LogP contribution in [0, 0.1) is 10.1 Å². The number of halogens is 2. The number of non-ortho nitro benzene ring substituents is 1. The monoisotopic (exact) mass is 328 g/mol. The highest BCUT2D eigenvalue weighted by Gasteiger charge is 2.15. The Labute approximate surface area is 127 Å². The smallest absolute Gasteiger partial charge is 0.356 e. The molecule has 0 radical (unpaired) electrons. The summed E-state index contributed by atoms with van der Waals surface area (Å²) in [5.41, 5.74) is -0.613. The van der Waals surface area contributed by atoms with Crippen LogP contribution in [0.15, 0.2) is 30.3 Å². The number of nitrogens with zero attached hydrogens (tertiary/aromatic N) is 2. The number of aromatic carboxylic acids is 1. The second-order valence-corrected chi connectivity index (χ2v) is 4.57. The molecule has 0 amide bonds. The zero-order chi connectivity index (χ0) is 15.6. The first-order chi connectivity index (χ1) is 9.88.